The van der Waals surface area contributed by atoms with Crippen molar-refractivity contribution in [3.63, 3.8) is 0 Å². The Bertz CT molecular complexity index is 701. The van der Waals surface area contributed by atoms with Gasteiger partial charge in [-0.1, -0.05) is 41.9 Å². The molecular weight excluding hydrogens is 336 g/mol. The monoisotopic (exact) mass is 368 g/mol. The summed E-state index contributed by atoms with van der Waals surface area (Å²) in [6.45, 7) is 8.01. The van der Waals surface area contributed by atoms with Crippen LogP contribution in [-0.4, -0.2) is 52.2 Å². The molecule has 1 aromatic carbocycles. The molecule has 146 valence electrons. The van der Waals surface area contributed by atoms with Gasteiger partial charge in [0.1, 0.15) is 0 Å². The second-order valence-corrected chi connectivity index (χ2v) is 8.35. The molecule has 2 fully saturated rings. The third kappa shape index (κ3) is 5.17. The number of nitrogens with zero attached hydrogens (tertiary/aromatic N) is 4. The van der Waals surface area contributed by atoms with E-state index in [2.05, 4.69) is 39.0 Å². The minimum atomic E-state index is 0.736. The van der Waals surface area contributed by atoms with Crippen molar-refractivity contribution < 1.29 is 4.52 Å². The highest BCUT2D eigenvalue weighted by molar-refractivity contribution is 5.18. The van der Waals surface area contributed by atoms with Crippen LogP contribution in [0.5, 0.6) is 0 Å². The summed E-state index contributed by atoms with van der Waals surface area (Å²) in [6, 6.07) is 11.1. The Hall–Kier alpha value is -1.72. The summed E-state index contributed by atoms with van der Waals surface area (Å²) in [6.07, 6.45) is 7.49. The number of hydrogen-bond donors (Lipinski definition) is 0. The molecule has 2 unspecified atom stereocenters. The molecule has 2 saturated heterocycles. The highest BCUT2D eigenvalue weighted by Gasteiger charge is 2.26. The molecular formula is C22H32N4O. The molecule has 5 nitrogen and oxygen atoms in total. The van der Waals surface area contributed by atoms with E-state index in [1.54, 1.807) is 0 Å². The van der Waals surface area contributed by atoms with Crippen LogP contribution in [0.1, 0.15) is 56.3 Å². The quantitative estimate of drug-likeness (QED) is 0.777. The van der Waals surface area contributed by atoms with Gasteiger partial charge in [-0.25, -0.2) is 0 Å². The molecule has 0 saturated carbocycles. The summed E-state index contributed by atoms with van der Waals surface area (Å²) in [7, 11) is 0. The SMILES string of the molecule is CC1CCCCN1CC1CCCN(Cc2nc(Cc3ccccc3)no2)C1. The highest BCUT2D eigenvalue weighted by Crippen LogP contribution is 2.23. The summed E-state index contributed by atoms with van der Waals surface area (Å²) < 4.78 is 5.53. The summed E-state index contributed by atoms with van der Waals surface area (Å²) >= 11 is 0. The number of benzene rings is 1. The number of likely N-dealkylation sites (tertiary alicyclic amines) is 2. The molecule has 0 bridgehead atoms. The van der Waals surface area contributed by atoms with E-state index in [1.165, 1.54) is 50.8 Å². The maximum Gasteiger partial charge on any atom is 0.240 e. The zero-order valence-electron chi connectivity index (χ0n) is 16.5. The fourth-order valence-electron chi connectivity index (χ4n) is 4.60. The molecule has 2 aliphatic rings. The van der Waals surface area contributed by atoms with Gasteiger partial charge in [0.15, 0.2) is 5.82 Å². The van der Waals surface area contributed by atoms with Crippen LogP contribution in [-0.2, 0) is 13.0 Å². The molecule has 5 heteroatoms. The van der Waals surface area contributed by atoms with Crippen molar-refractivity contribution in [3.05, 3.63) is 47.6 Å². The molecule has 2 atom stereocenters. The van der Waals surface area contributed by atoms with Gasteiger partial charge in [-0.15, -0.1) is 0 Å². The Morgan fingerprint density at radius 1 is 1.07 bits per heavy atom. The maximum atomic E-state index is 5.53. The van der Waals surface area contributed by atoms with E-state index >= 15 is 0 Å². The van der Waals surface area contributed by atoms with Crippen LogP contribution in [0.3, 0.4) is 0 Å². The smallest absolute Gasteiger partial charge is 0.240 e. The first-order valence-electron chi connectivity index (χ1n) is 10.6. The lowest BCUT2D eigenvalue weighted by Crippen LogP contribution is -2.45. The van der Waals surface area contributed by atoms with Gasteiger partial charge >= 0.3 is 0 Å². The second kappa shape index (κ2) is 8.98. The molecule has 0 spiro atoms. The van der Waals surface area contributed by atoms with Gasteiger partial charge in [0, 0.05) is 25.6 Å². The standard InChI is InChI=1S/C22H32N4O/c1-18-8-5-6-13-26(18)16-20-11-7-12-25(15-20)17-22-23-21(24-27-22)14-19-9-3-2-4-10-19/h2-4,9-10,18,20H,5-8,11-17H2,1H3. The number of piperidine rings is 2. The first-order chi connectivity index (χ1) is 13.3. The predicted molar refractivity (Wildman–Crippen MR) is 106 cm³/mol. The lowest BCUT2D eigenvalue weighted by atomic mass is 9.95. The van der Waals surface area contributed by atoms with Crippen LogP contribution >= 0.6 is 0 Å². The summed E-state index contributed by atoms with van der Waals surface area (Å²) in [5.74, 6) is 2.31. The minimum Gasteiger partial charge on any atom is -0.338 e. The van der Waals surface area contributed by atoms with Gasteiger partial charge in [0.05, 0.1) is 6.54 Å². The van der Waals surface area contributed by atoms with Crippen LogP contribution in [0, 0.1) is 5.92 Å². The molecule has 27 heavy (non-hydrogen) atoms. The van der Waals surface area contributed by atoms with Gasteiger partial charge in [-0.05, 0) is 57.2 Å². The zero-order chi connectivity index (χ0) is 18.5. The molecule has 0 N–H and O–H groups in total. The minimum absolute atomic E-state index is 0.736. The second-order valence-electron chi connectivity index (χ2n) is 8.35. The summed E-state index contributed by atoms with van der Waals surface area (Å²) in [4.78, 5) is 9.84. The molecule has 2 aromatic rings. The molecule has 3 heterocycles. The Morgan fingerprint density at radius 3 is 2.81 bits per heavy atom. The van der Waals surface area contributed by atoms with E-state index in [0.717, 1.165) is 49.7 Å². The van der Waals surface area contributed by atoms with E-state index in [1.807, 2.05) is 18.2 Å². The van der Waals surface area contributed by atoms with Crippen molar-refractivity contribution in [3.8, 4) is 0 Å². The fraction of sp³-hybridized carbons (Fsp3) is 0.636. The molecule has 0 amide bonds. The third-order valence-corrected chi connectivity index (χ3v) is 6.11. The van der Waals surface area contributed by atoms with E-state index in [9.17, 15) is 0 Å². The Labute approximate surface area is 162 Å². The van der Waals surface area contributed by atoms with Crippen LogP contribution < -0.4 is 0 Å². The Morgan fingerprint density at radius 2 is 1.96 bits per heavy atom. The Kier molecular flexibility index (Phi) is 6.20. The van der Waals surface area contributed by atoms with E-state index in [0.29, 0.717) is 0 Å². The van der Waals surface area contributed by atoms with Crippen LogP contribution in [0.2, 0.25) is 0 Å². The van der Waals surface area contributed by atoms with Crippen molar-refractivity contribution >= 4 is 0 Å². The average Bonchev–Trinajstić information content (AvgIpc) is 3.11. The van der Waals surface area contributed by atoms with Crippen molar-refractivity contribution in [2.45, 2.75) is 58.0 Å². The third-order valence-electron chi connectivity index (χ3n) is 6.11. The largest absolute Gasteiger partial charge is 0.338 e. The number of rotatable bonds is 6. The van der Waals surface area contributed by atoms with Crippen molar-refractivity contribution in [1.29, 1.82) is 0 Å². The lowest BCUT2D eigenvalue weighted by Gasteiger charge is -2.39. The lowest BCUT2D eigenvalue weighted by molar-refractivity contribution is 0.0865. The van der Waals surface area contributed by atoms with E-state index in [4.69, 9.17) is 4.52 Å². The Balaban J connectivity index is 1.29. The topological polar surface area (TPSA) is 45.4 Å². The number of aromatic nitrogens is 2. The highest BCUT2D eigenvalue weighted by atomic mass is 16.5. The van der Waals surface area contributed by atoms with Gasteiger partial charge in [0.25, 0.3) is 0 Å². The first kappa shape index (κ1) is 18.6. The molecule has 1 aromatic heterocycles. The fourth-order valence-corrected chi connectivity index (χ4v) is 4.60. The summed E-state index contributed by atoms with van der Waals surface area (Å²) in [5, 5.41) is 4.18. The molecule has 4 rings (SSSR count). The molecule has 2 aliphatic heterocycles. The maximum absolute atomic E-state index is 5.53. The van der Waals surface area contributed by atoms with Crippen molar-refractivity contribution in [1.82, 2.24) is 19.9 Å². The number of hydrogen-bond acceptors (Lipinski definition) is 5. The van der Waals surface area contributed by atoms with Gasteiger partial charge in [-0.3, -0.25) is 4.90 Å². The van der Waals surface area contributed by atoms with Crippen molar-refractivity contribution in [2.24, 2.45) is 5.92 Å². The van der Waals surface area contributed by atoms with Crippen LogP contribution in [0.25, 0.3) is 0 Å². The first-order valence-corrected chi connectivity index (χ1v) is 10.6. The average molecular weight is 369 g/mol. The summed E-state index contributed by atoms with van der Waals surface area (Å²) in [5.41, 5.74) is 1.22. The van der Waals surface area contributed by atoms with E-state index < -0.39 is 0 Å². The molecule has 0 aliphatic carbocycles. The zero-order valence-corrected chi connectivity index (χ0v) is 16.5. The van der Waals surface area contributed by atoms with Gasteiger partial charge in [-0.2, -0.15) is 4.98 Å². The van der Waals surface area contributed by atoms with Crippen molar-refractivity contribution in [2.75, 3.05) is 26.2 Å². The van der Waals surface area contributed by atoms with E-state index in [-0.39, 0.29) is 0 Å². The van der Waals surface area contributed by atoms with Crippen LogP contribution in [0.15, 0.2) is 34.9 Å². The van der Waals surface area contributed by atoms with Crippen LogP contribution in [0.4, 0.5) is 0 Å². The predicted octanol–water partition coefficient (Wildman–Crippen LogP) is 3.75. The van der Waals surface area contributed by atoms with Gasteiger partial charge < -0.3 is 9.42 Å². The van der Waals surface area contributed by atoms with Gasteiger partial charge in [0.2, 0.25) is 5.89 Å². The normalized spacial score (nSPS) is 24.9. The molecule has 0 radical (unpaired) electrons.